The second-order valence-corrected chi connectivity index (χ2v) is 6.21. The molecule has 0 aromatic carbocycles. The molecule has 7 heteroatoms. The molecule has 3 aromatic rings. The molecular formula is C14H14BrN5S. The van der Waals surface area contributed by atoms with E-state index in [1.54, 1.807) is 23.7 Å². The number of thiophene rings is 1. The van der Waals surface area contributed by atoms with Gasteiger partial charge in [0.1, 0.15) is 0 Å². The molecule has 0 bridgehead atoms. The fourth-order valence-electron chi connectivity index (χ4n) is 1.93. The first-order valence-electron chi connectivity index (χ1n) is 6.59. The molecule has 0 fully saturated rings. The summed E-state index contributed by atoms with van der Waals surface area (Å²) in [6.45, 7) is 1.76. The van der Waals surface area contributed by atoms with Crippen molar-refractivity contribution in [3.63, 3.8) is 0 Å². The molecule has 0 saturated carbocycles. The Labute approximate surface area is 135 Å². The fourth-order valence-corrected chi connectivity index (χ4v) is 3.47. The normalized spacial score (nSPS) is 10.7. The van der Waals surface area contributed by atoms with Crippen LogP contribution in [0.15, 0.2) is 46.9 Å². The lowest BCUT2D eigenvalue weighted by Gasteiger charge is -2.06. The molecule has 0 atom stereocenters. The molecule has 3 rings (SSSR count). The van der Waals surface area contributed by atoms with Crippen LogP contribution >= 0.6 is 27.3 Å². The lowest BCUT2D eigenvalue weighted by molar-refractivity contribution is 0.659. The van der Waals surface area contributed by atoms with Crippen LogP contribution in [-0.2, 0) is 6.54 Å². The number of imidazole rings is 1. The van der Waals surface area contributed by atoms with Gasteiger partial charge in [0.05, 0.1) is 16.9 Å². The Kier molecular flexibility index (Phi) is 4.62. The largest absolute Gasteiger partial charge is 0.354 e. The van der Waals surface area contributed by atoms with Gasteiger partial charge in [-0.1, -0.05) is 0 Å². The Morgan fingerprint density at radius 2 is 2.24 bits per heavy atom. The topological polar surface area (TPSA) is 55.6 Å². The maximum Gasteiger partial charge on any atom is 0.223 e. The van der Waals surface area contributed by atoms with Crippen molar-refractivity contribution in [2.45, 2.75) is 13.0 Å². The highest BCUT2D eigenvalue weighted by atomic mass is 79.9. The van der Waals surface area contributed by atoms with Crippen LogP contribution < -0.4 is 5.32 Å². The van der Waals surface area contributed by atoms with Crippen molar-refractivity contribution in [1.82, 2.24) is 19.5 Å². The fraction of sp³-hybridized carbons (Fsp3) is 0.214. The Bertz CT molecular complexity index is 695. The molecule has 0 aliphatic heterocycles. The summed E-state index contributed by atoms with van der Waals surface area (Å²) in [6, 6.07) is 3.95. The van der Waals surface area contributed by atoms with Crippen LogP contribution in [0.5, 0.6) is 0 Å². The molecule has 108 valence electrons. The number of rotatable bonds is 6. The third-order valence-electron chi connectivity index (χ3n) is 2.94. The van der Waals surface area contributed by atoms with Gasteiger partial charge in [0.2, 0.25) is 5.95 Å². The highest BCUT2D eigenvalue weighted by Crippen LogP contribution is 2.32. The highest BCUT2D eigenvalue weighted by Gasteiger charge is 2.07. The number of nitrogens with one attached hydrogen (secondary N) is 1. The molecule has 0 radical (unpaired) electrons. The Morgan fingerprint density at radius 1 is 1.29 bits per heavy atom. The van der Waals surface area contributed by atoms with Gasteiger partial charge in [-0.3, -0.25) is 0 Å². The van der Waals surface area contributed by atoms with Gasteiger partial charge >= 0.3 is 0 Å². The predicted molar refractivity (Wildman–Crippen MR) is 88.4 cm³/mol. The van der Waals surface area contributed by atoms with Crippen molar-refractivity contribution in [1.29, 1.82) is 0 Å². The van der Waals surface area contributed by atoms with Crippen molar-refractivity contribution in [3.05, 3.63) is 46.9 Å². The van der Waals surface area contributed by atoms with E-state index in [0.29, 0.717) is 5.95 Å². The van der Waals surface area contributed by atoms with Crippen LogP contribution in [0.25, 0.3) is 10.6 Å². The number of hydrogen-bond donors (Lipinski definition) is 1. The van der Waals surface area contributed by atoms with Crippen LogP contribution in [-0.4, -0.2) is 26.1 Å². The van der Waals surface area contributed by atoms with Crippen LogP contribution in [0.2, 0.25) is 0 Å². The third kappa shape index (κ3) is 3.68. The number of aromatic nitrogens is 4. The van der Waals surface area contributed by atoms with E-state index in [1.807, 2.05) is 30.0 Å². The maximum atomic E-state index is 4.55. The molecule has 0 saturated heterocycles. The zero-order valence-electron chi connectivity index (χ0n) is 11.2. The standard InChI is InChI=1S/C14H14BrN5S/c15-11-3-9-21-13(11)12-2-5-18-14(19-12)17-4-1-7-20-8-6-16-10-20/h2-3,5-6,8-10H,1,4,7H2,(H,17,18,19). The van der Waals surface area contributed by atoms with Crippen LogP contribution in [0, 0.1) is 0 Å². The minimum Gasteiger partial charge on any atom is -0.354 e. The average Bonchev–Trinajstić information content (AvgIpc) is 3.15. The number of halogens is 1. The summed E-state index contributed by atoms with van der Waals surface area (Å²) in [6.07, 6.45) is 8.36. The molecule has 3 heterocycles. The summed E-state index contributed by atoms with van der Waals surface area (Å²) in [4.78, 5) is 14.0. The van der Waals surface area contributed by atoms with E-state index in [0.717, 1.165) is 34.6 Å². The summed E-state index contributed by atoms with van der Waals surface area (Å²) in [5, 5.41) is 5.30. The summed E-state index contributed by atoms with van der Waals surface area (Å²) in [5.41, 5.74) is 0.934. The number of hydrogen-bond acceptors (Lipinski definition) is 5. The summed E-state index contributed by atoms with van der Waals surface area (Å²) in [5.74, 6) is 0.665. The number of aryl methyl sites for hydroxylation is 1. The van der Waals surface area contributed by atoms with Crippen LogP contribution in [0.1, 0.15) is 6.42 Å². The SMILES string of the molecule is Brc1ccsc1-c1ccnc(NCCCn2ccnc2)n1. The van der Waals surface area contributed by atoms with Gasteiger partial charge < -0.3 is 9.88 Å². The van der Waals surface area contributed by atoms with Crippen molar-refractivity contribution in [2.75, 3.05) is 11.9 Å². The van der Waals surface area contributed by atoms with Gasteiger partial charge in [-0.05, 0) is 39.9 Å². The quantitative estimate of drug-likeness (QED) is 0.678. The Hall–Kier alpha value is -1.73. The molecule has 0 amide bonds. The maximum absolute atomic E-state index is 4.55. The average molecular weight is 364 g/mol. The lowest BCUT2D eigenvalue weighted by atomic mass is 10.3. The second kappa shape index (κ2) is 6.82. The van der Waals surface area contributed by atoms with E-state index in [4.69, 9.17) is 0 Å². The van der Waals surface area contributed by atoms with Gasteiger partial charge in [-0.25, -0.2) is 15.0 Å². The molecule has 0 aliphatic rings. The molecule has 21 heavy (non-hydrogen) atoms. The van der Waals surface area contributed by atoms with Crippen molar-refractivity contribution in [2.24, 2.45) is 0 Å². The van der Waals surface area contributed by atoms with E-state index in [9.17, 15) is 0 Å². The molecular weight excluding hydrogens is 350 g/mol. The van der Waals surface area contributed by atoms with Gasteiger partial charge in [0.25, 0.3) is 0 Å². The Balaban J connectivity index is 1.58. The number of nitrogens with zero attached hydrogens (tertiary/aromatic N) is 4. The minimum atomic E-state index is 0.665. The van der Waals surface area contributed by atoms with E-state index >= 15 is 0 Å². The first-order chi connectivity index (χ1) is 10.3. The summed E-state index contributed by atoms with van der Waals surface area (Å²) in [7, 11) is 0. The van der Waals surface area contributed by atoms with Gasteiger partial charge in [-0.15, -0.1) is 11.3 Å². The molecule has 5 nitrogen and oxygen atoms in total. The van der Waals surface area contributed by atoms with Gasteiger partial charge in [-0.2, -0.15) is 0 Å². The highest BCUT2D eigenvalue weighted by molar-refractivity contribution is 9.10. The second-order valence-electron chi connectivity index (χ2n) is 4.44. The monoisotopic (exact) mass is 363 g/mol. The van der Waals surface area contributed by atoms with Crippen LogP contribution in [0.4, 0.5) is 5.95 Å². The summed E-state index contributed by atoms with van der Waals surface area (Å²) >= 11 is 5.20. The summed E-state index contributed by atoms with van der Waals surface area (Å²) < 4.78 is 3.12. The first-order valence-corrected chi connectivity index (χ1v) is 8.26. The first kappa shape index (κ1) is 14.2. The van der Waals surface area contributed by atoms with E-state index in [1.165, 1.54) is 0 Å². The van der Waals surface area contributed by atoms with Crippen LogP contribution in [0.3, 0.4) is 0 Å². The smallest absolute Gasteiger partial charge is 0.223 e. The predicted octanol–water partition coefficient (Wildman–Crippen LogP) is 3.67. The molecule has 0 unspecified atom stereocenters. The van der Waals surface area contributed by atoms with Gasteiger partial charge in [0, 0.05) is 36.2 Å². The molecule has 0 spiro atoms. The third-order valence-corrected chi connectivity index (χ3v) is 4.80. The minimum absolute atomic E-state index is 0.665. The zero-order valence-corrected chi connectivity index (χ0v) is 13.6. The van der Waals surface area contributed by atoms with Gasteiger partial charge in [0.15, 0.2) is 0 Å². The molecule has 3 aromatic heterocycles. The zero-order chi connectivity index (χ0) is 14.5. The number of anilines is 1. The Morgan fingerprint density at radius 3 is 3.00 bits per heavy atom. The lowest BCUT2D eigenvalue weighted by Crippen LogP contribution is -2.08. The van der Waals surface area contributed by atoms with E-state index < -0.39 is 0 Å². The molecule has 0 aliphatic carbocycles. The van der Waals surface area contributed by atoms with E-state index in [-0.39, 0.29) is 0 Å². The molecule has 1 N–H and O–H groups in total. The van der Waals surface area contributed by atoms with Crippen molar-refractivity contribution in [3.8, 4) is 10.6 Å². The van der Waals surface area contributed by atoms with E-state index in [2.05, 4.69) is 40.8 Å². The van der Waals surface area contributed by atoms with Crippen molar-refractivity contribution < 1.29 is 0 Å². The van der Waals surface area contributed by atoms with Crippen molar-refractivity contribution >= 4 is 33.2 Å².